The highest BCUT2D eigenvalue weighted by molar-refractivity contribution is 5.81. The molecule has 1 aromatic carbocycles. The van der Waals surface area contributed by atoms with Crippen molar-refractivity contribution in [2.45, 2.75) is 24.7 Å². The Balaban J connectivity index is 1.94. The van der Waals surface area contributed by atoms with Crippen molar-refractivity contribution in [3.8, 4) is 0 Å². The van der Waals surface area contributed by atoms with Gasteiger partial charge in [-0.05, 0) is 24.1 Å². The van der Waals surface area contributed by atoms with E-state index in [0.29, 0.717) is 13.0 Å². The van der Waals surface area contributed by atoms with Gasteiger partial charge in [0.05, 0.1) is 11.7 Å². The number of alkyl halides is 3. The van der Waals surface area contributed by atoms with Crippen molar-refractivity contribution >= 4 is 5.91 Å². The van der Waals surface area contributed by atoms with Gasteiger partial charge in [0.1, 0.15) is 6.04 Å². The second-order valence-electron chi connectivity index (χ2n) is 4.80. The van der Waals surface area contributed by atoms with E-state index in [-0.39, 0.29) is 18.0 Å². The summed E-state index contributed by atoms with van der Waals surface area (Å²) in [7, 11) is 0. The largest absolute Gasteiger partial charge is 0.416 e. The monoisotopic (exact) mass is 303 g/mol. The van der Waals surface area contributed by atoms with Crippen molar-refractivity contribution < 1.29 is 23.1 Å². The van der Waals surface area contributed by atoms with Gasteiger partial charge in [0.2, 0.25) is 5.91 Å². The summed E-state index contributed by atoms with van der Waals surface area (Å²) in [5.74, 6) is -0.300. The minimum Gasteiger partial charge on any atom is -0.387 e. The Bertz CT molecular complexity index is 502. The highest BCUT2D eigenvalue weighted by Gasteiger charge is 2.31. The molecule has 8 heteroatoms. The molecular formula is C13H16F3N3O2. The lowest BCUT2D eigenvalue weighted by atomic mass is 10.1. The van der Waals surface area contributed by atoms with Gasteiger partial charge in [-0.2, -0.15) is 13.2 Å². The summed E-state index contributed by atoms with van der Waals surface area (Å²) in [4.78, 5) is 11.7. The van der Waals surface area contributed by atoms with E-state index in [4.69, 9.17) is 0 Å². The lowest BCUT2D eigenvalue weighted by molar-refractivity contribution is -0.137. The molecule has 2 atom stereocenters. The number of carbonyl (C=O) groups is 1. The van der Waals surface area contributed by atoms with E-state index in [1.54, 1.807) is 0 Å². The van der Waals surface area contributed by atoms with Crippen LogP contribution >= 0.6 is 0 Å². The zero-order valence-corrected chi connectivity index (χ0v) is 11.1. The van der Waals surface area contributed by atoms with Crippen molar-refractivity contribution in [3.05, 3.63) is 35.4 Å². The highest BCUT2D eigenvalue weighted by atomic mass is 19.4. The zero-order valence-electron chi connectivity index (χ0n) is 11.1. The average molecular weight is 303 g/mol. The third kappa shape index (κ3) is 4.16. The summed E-state index contributed by atoms with van der Waals surface area (Å²) in [6.45, 7) is 0.520. The Labute approximate surface area is 119 Å². The van der Waals surface area contributed by atoms with E-state index in [0.717, 1.165) is 12.1 Å². The molecule has 1 aliphatic rings. The predicted molar refractivity (Wildman–Crippen MR) is 69.0 cm³/mol. The van der Waals surface area contributed by atoms with Crippen LogP contribution in [0.3, 0.4) is 0 Å². The molecule has 116 valence electrons. The first-order valence-corrected chi connectivity index (χ1v) is 6.49. The van der Waals surface area contributed by atoms with Crippen molar-refractivity contribution in [2.75, 3.05) is 13.1 Å². The van der Waals surface area contributed by atoms with Crippen LogP contribution in [0.5, 0.6) is 0 Å². The van der Waals surface area contributed by atoms with Crippen LogP contribution in [-0.4, -0.2) is 30.1 Å². The molecule has 1 aromatic rings. The van der Waals surface area contributed by atoms with Gasteiger partial charge < -0.3 is 10.4 Å². The maximum atomic E-state index is 12.6. The normalized spacial score (nSPS) is 20.3. The maximum Gasteiger partial charge on any atom is 0.416 e. The standard InChI is InChI=1S/C13H16F3N3O2/c14-13(15,16)9-3-1-2-8(6-9)11(20)7-17-12(21)10-4-5-18-19-10/h1-3,6,10-11,18-20H,4-5,7H2,(H,17,21). The molecule has 21 heavy (non-hydrogen) atoms. The summed E-state index contributed by atoms with van der Waals surface area (Å²) >= 11 is 0. The Morgan fingerprint density at radius 1 is 1.48 bits per heavy atom. The molecule has 0 aliphatic carbocycles. The fourth-order valence-corrected chi connectivity index (χ4v) is 2.04. The quantitative estimate of drug-likeness (QED) is 0.661. The van der Waals surface area contributed by atoms with Crippen molar-refractivity contribution in [2.24, 2.45) is 0 Å². The van der Waals surface area contributed by atoms with Crippen LogP contribution in [-0.2, 0) is 11.0 Å². The average Bonchev–Trinajstić information content (AvgIpc) is 2.98. The molecule has 1 fully saturated rings. The molecule has 0 saturated carbocycles. The fourth-order valence-electron chi connectivity index (χ4n) is 2.04. The second kappa shape index (κ2) is 6.42. The summed E-state index contributed by atoms with van der Waals surface area (Å²) in [6, 6.07) is 4.04. The van der Waals surface area contributed by atoms with E-state index < -0.39 is 23.9 Å². The molecular weight excluding hydrogens is 287 g/mol. The first-order chi connectivity index (χ1) is 9.88. The molecule has 1 amide bonds. The van der Waals surface area contributed by atoms with Gasteiger partial charge in [-0.1, -0.05) is 12.1 Å². The molecule has 0 bridgehead atoms. The van der Waals surface area contributed by atoms with Crippen LogP contribution in [0, 0.1) is 0 Å². The molecule has 0 radical (unpaired) electrons. The van der Waals surface area contributed by atoms with Crippen LogP contribution in [0.15, 0.2) is 24.3 Å². The van der Waals surface area contributed by atoms with Gasteiger partial charge in [0.25, 0.3) is 0 Å². The molecule has 5 nitrogen and oxygen atoms in total. The number of hydrogen-bond acceptors (Lipinski definition) is 4. The summed E-state index contributed by atoms with van der Waals surface area (Å²) in [5, 5.41) is 12.4. The van der Waals surface area contributed by atoms with Gasteiger partial charge >= 0.3 is 6.18 Å². The summed E-state index contributed by atoms with van der Waals surface area (Å²) in [6.07, 6.45) is -5.03. The molecule has 2 unspecified atom stereocenters. The number of benzene rings is 1. The van der Waals surface area contributed by atoms with E-state index in [2.05, 4.69) is 16.2 Å². The van der Waals surface area contributed by atoms with E-state index in [1.807, 2.05) is 0 Å². The number of hydrogen-bond donors (Lipinski definition) is 4. The topological polar surface area (TPSA) is 73.4 Å². The first kappa shape index (κ1) is 15.7. The number of aliphatic hydroxyl groups excluding tert-OH is 1. The van der Waals surface area contributed by atoms with Crippen LogP contribution in [0.2, 0.25) is 0 Å². The van der Waals surface area contributed by atoms with Gasteiger partial charge in [-0.25, -0.2) is 5.43 Å². The number of hydrazine groups is 1. The van der Waals surface area contributed by atoms with E-state index in [9.17, 15) is 23.1 Å². The predicted octanol–water partition coefficient (Wildman–Crippen LogP) is 0.721. The lowest BCUT2D eigenvalue weighted by Crippen LogP contribution is -2.44. The summed E-state index contributed by atoms with van der Waals surface area (Å²) in [5.41, 5.74) is 4.84. The minimum absolute atomic E-state index is 0.114. The molecule has 1 aliphatic heterocycles. The third-order valence-corrected chi connectivity index (χ3v) is 3.22. The Morgan fingerprint density at radius 2 is 2.24 bits per heavy atom. The van der Waals surface area contributed by atoms with Crippen molar-refractivity contribution in [3.63, 3.8) is 0 Å². The highest BCUT2D eigenvalue weighted by Crippen LogP contribution is 2.30. The van der Waals surface area contributed by atoms with Crippen LogP contribution in [0.4, 0.5) is 13.2 Å². The first-order valence-electron chi connectivity index (χ1n) is 6.49. The number of amides is 1. The second-order valence-corrected chi connectivity index (χ2v) is 4.80. The van der Waals surface area contributed by atoms with Gasteiger partial charge in [0.15, 0.2) is 0 Å². The smallest absolute Gasteiger partial charge is 0.387 e. The number of rotatable bonds is 4. The molecule has 0 spiro atoms. The van der Waals surface area contributed by atoms with Crippen LogP contribution in [0.1, 0.15) is 23.7 Å². The maximum absolute atomic E-state index is 12.6. The summed E-state index contributed by atoms with van der Waals surface area (Å²) < 4.78 is 37.7. The molecule has 1 heterocycles. The molecule has 2 rings (SSSR count). The Kier molecular flexibility index (Phi) is 4.81. The molecule has 1 saturated heterocycles. The van der Waals surface area contributed by atoms with Crippen LogP contribution in [0.25, 0.3) is 0 Å². The molecule has 4 N–H and O–H groups in total. The third-order valence-electron chi connectivity index (χ3n) is 3.22. The number of nitrogens with one attached hydrogen (secondary N) is 3. The van der Waals surface area contributed by atoms with E-state index >= 15 is 0 Å². The lowest BCUT2D eigenvalue weighted by Gasteiger charge is -2.16. The Morgan fingerprint density at radius 3 is 2.86 bits per heavy atom. The number of halogens is 3. The van der Waals surface area contributed by atoms with Crippen molar-refractivity contribution in [1.29, 1.82) is 0 Å². The Hall–Kier alpha value is -1.64. The number of aliphatic hydroxyl groups is 1. The van der Waals surface area contributed by atoms with Gasteiger partial charge in [-0.3, -0.25) is 10.2 Å². The van der Waals surface area contributed by atoms with Gasteiger partial charge in [0, 0.05) is 13.1 Å². The van der Waals surface area contributed by atoms with Crippen LogP contribution < -0.4 is 16.2 Å². The molecule has 0 aromatic heterocycles. The zero-order chi connectivity index (χ0) is 15.5. The minimum atomic E-state index is -4.46. The number of carbonyl (C=O) groups excluding carboxylic acids is 1. The van der Waals surface area contributed by atoms with Crippen molar-refractivity contribution in [1.82, 2.24) is 16.2 Å². The SMILES string of the molecule is O=C(NCC(O)c1cccc(C(F)(F)F)c1)C1CCNN1. The van der Waals surface area contributed by atoms with Gasteiger partial charge in [-0.15, -0.1) is 0 Å². The van der Waals surface area contributed by atoms with E-state index in [1.165, 1.54) is 12.1 Å². The fraction of sp³-hybridized carbons (Fsp3) is 0.462.